The first-order valence-corrected chi connectivity index (χ1v) is 8.55. The minimum Gasteiger partial charge on any atom is -0.384 e. The van der Waals surface area contributed by atoms with Crippen molar-refractivity contribution in [2.24, 2.45) is 5.92 Å². The highest BCUT2D eigenvalue weighted by molar-refractivity contribution is 7.91. The molecule has 0 aliphatic carbocycles. The molecule has 0 amide bonds. The highest BCUT2D eigenvalue weighted by Gasteiger charge is 2.17. The first-order valence-electron chi connectivity index (χ1n) is 6.90. The first kappa shape index (κ1) is 14.3. The van der Waals surface area contributed by atoms with Crippen molar-refractivity contribution in [2.75, 3.05) is 30.7 Å². The normalized spacial score (nSPS) is 19.5. The summed E-state index contributed by atoms with van der Waals surface area (Å²) in [5, 5.41) is 6.62. The lowest BCUT2D eigenvalue weighted by Gasteiger charge is -2.13. The second kappa shape index (κ2) is 6.39. The van der Waals surface area contributed by atoms with Gasteiger partial charge in [-0.25, -0.2) is 8.42 Å². The number of benzene rings is 1. The van der Waals surface area contributed by atoms with Gasteiger partial charge in [-0.3, -0.25) is 0 Å². The molecule has 0 saturated carbocycles. The van der Waals surface area contributed by atoms with Crippen LogP contribution in [0.5, 0.6) is 0 Å². The van der Waals surface area contributed by atoms with Gasteiger partial charge in [0.2, 0.25) is 0 Å². The zero-order chi connectivity index (χ0) is 13.7. The summed E-state index contributed by atoms with van der Waals surface area (Å²) < 4.78 is 24.0. The molecule has 1 aromatic rings. The summed E-state index contributed by atoms with van der Waals surface area (Å²) in [7, 11) is -3.15. The lowest BCUT2D eigenvalue weighted by Crippen LogP contribution is -2.14. The van der Waals surface area contributed by atoms with E-state index < -0.39 is 9.84 Å². The second-order valence-electron chi connectivity index (χ2n) is 4.97. The van der Waals surface area contributed by atoms with E-state index in [1.165, 1.54) is 6.42 Å². The van der Waals surface area contributed by atoms with Crippen molar-refractivity contribution in [3.63, 3.8) is 0 Å². The van der Waals surface area contributed by atoms with E-state index in [4.69, 9.17) is 0 Å². The molecule has 1 aliphatic rings. The van der Waals surface area contributed by atoms with E-state index in [1.807, 2.05) is 12.1 Å². The Bertz CT molecular complexity index is 508. The number of sulfone groups is 1. The number of nitrogens with one attached hydrogen (secondary N) is 2. The van der Waals surface area contributed by atoms with Crippen molar-refractivity contribution in [3.05, 3.63) is 24.3 Å². The number of hydrogen-bond donors (Lipinski definition) is 2. The van der Waals surface area contributed by atoms with Gasteiger partial charge in [-0.2, -0.15) is 0 Å². The predicted molar refractivity (Wildman–Crippen MR) is 78.3 cm³/mol. The Morgan fingerprint density at radius 2 is 2.16 bits per heavy atom. The molecule has 1 aliphatic heterocycles. The molecular weight excluding hydrogens is 260 g/mol. The van der Waals surface area contributed by atoms with Crippen LogP contribution >= 0.6 is 0 Å². The minimum absolute atomic E-state index is 0.137. The molecule has 106 valence electrons. The Morgan fingerprint density at radius 1 is 1.37 bits per heavy atom. The average molecular weight is 282 g/mol. The SMILES string of the molecule is CCS(=O)(=O)c1ccccc1NCCC1CCNC1. The van der Waals surface area contributed by atoms with Crippen LogP contribution in [0.1, 0.15) is 19.8 Å². The van der Waals surface area contributed by atoms with Gasteiger partial charge < -0.3 is 10.6 Å². The number of rotatable bonds is 6. The van der Waals surface area contributed by atoms with E-state index in [0.29, 0.717) is 10.8 Å². The van der Waals surface area contributed by atoms with E-state index in [2.05, 4.69) is 10.6 Å². The molecule has 4 nitrogen and oxygen atoms in total. The fraction of sp³-hybridized carbons (Fsp3) is 0.571. The van der Waals surface area contributed by atoms with Gasteiger partial charge in [0, 0.05) is 6.54 Å². The molecule has 0 radical (unpaired) electrons. The van der Waals surface area contributed by atoms with E-state index in [-0.39, 0.29) is 5.75 Å². The molecule has 0 bridgehead atoms. The van der Waals surface area contributed by atoms with Crippen LogP contribution in [0, 0.1) is 5.92 Å². The molecule has 1 heterocycles. The van der Waals surface area contributed by atoms with Crippen molar-refractivity contribution in [1.82, 2.24) is 5.32 Å². The topological polar surface area (TPSA) is 58.2 Å². The van der Waals surface area contributed by atoms with Crippen LogP contribution in [0.2, 0.25) is 0 Å². The van der Waals surface area contributed by atoms with Gasteiger partial charge in [0.25, 0.3) is 0 Å². The maximum atomic E-state index is 12.0. The van der Waals surface area contributed by atoms with Crippen LogP contribution in [-0.4, -0.2) is 33.8 Å². The number of anilines is 1. The Kier molecular flexibility index (Phi) is 4.82. The van der Waals surface area contributed by atoms with E-state index in [0.717, 1.165) is 31.7 Å². The summed E-state index contributed by atoms with van der Waals surface area (Å²) in [6, 6.07) is 7.16. The maximum Gasteiger partial charge on any atom is 0.180 e. The van der Waals surface area contributed by atoms with E-state index >= 15 is 0 Å². The largest absolute Gasteiger partial charge is 0.384 e. The minimum atomic E-state index is -3.15. The van der Waals surface area contributed by atoms with Crippen LogP contribution in [0.4, 0.5) is 5.69 Å². The summed E-state index contributed by atoms with van der Waals surface area (Å²) in [5.41, 5.74) is 0.732. The fourth-order valence-corrected chi connectivity index (χ4v) is 3.48. The zero-order valence-corrected chi connectivity index (χ0v) is 12.2. The van der Waals surface area contributed by atoms with Gasteiger partial charge in [0.15, 0.2) is 9.84 Å². The standard InChI is InChI=1S/C14H22N2O2S/c1-2-19(17,18)14-6-4-3-5-13(14)16-10-8-12-7-9-15-11-12/h3-6,12,15-16H,2,7-11H2,1H3. The Morgan fingerprint density at radius 3 is 2.84 bits per heavy atom. The molecule has 2 rings (SSSR count). The van der Waals surface area contributed by atoms with Crippen molar-refractivity contribution in [3.8, 4) is 0 Å². The maximum absolute atomic E-state index is 12.0. The van der Waals surface area contributed by atoms with Crippen LogP contribution in [0.25, 0.3) is 0 Å². The predicted octanol–water partition coefficient (Wildman–Crippen LogP) is 1.89. The van der Waals surface area contributed by atoms with E-state index in [1.54, 1.807) is 19.1 Å². The summed E-state index contributed by atoms with van der Waals surface area (Å²) in [5.74, 6) is 0.848. The third-order valence-corrected chi connectivity index (χ3v) is 5.42. The summed E-state index contributed by atoms with van der Waals surface area (Å²) in [4.78, 5) is 0.419. The highest BCUT2D eigenvalue weighted by Crippen LogP contribution is 2.22. The molecule has 0 spiro atoms. The lowest BCUT2D eigenvalue weighted by molar-refractivity contribution is 0.549. The van der Waals surface area contributed by atoms with Crippen molar-refractivity contribution >= 4 is 15.5 Å². The van der Waals surface area contributed by atoms with E-state index in [9.17, 15) is 8.42 Å². The zero-order valence-electron chi connectivity index (χ0n) is 11.4. The molecule has 19 heavy (non-hydrogen) atoms. The van der Waals surface area contributed by atoms with Crippen LogP contribution in [0.3, 0.4) is 0 Å². The van der Waals surface area contributed by atoms with Gasteiger partial charge in [-0.1, -0.05) is 19.1 Å². The first-order chi connectivity index (χ1) is 9.13. The molecule has 0 aromatic heterocycles. The summed E-state index contributed by atoms with van der Waals surface area (Å²) >= 11 is 0. The molecule has 1 aromatic carbocycles. The third-order valence-electron chi connectivity index (χ3n) is 3.63. The monoisotopic (exact) mass is 282 g/mol. The molecule has 1 unspecified atom stereocenters. The van der Waals surface area contributed by atoms with Gasteiger partial charge in [0.1, 0.15) is 0 Å². The van der Waals surface area contributed by atoms with Crippen molar-refractivity contribution in [1.29, 1.82) is 0 Å². The van der Waals surface area contributed by atoms with Gasteiger partial charge in [-0.05, 0) is 44.0 Å². The number of para-hydroxylation sites is 1. The molecule has 2 N–H and O–H groups in total. The molecule has 1 saturated heterocycles. The quantitative estimate of drug-likeness (QED) is 0.836. The smallest absolute Gasteiger partial charge is 0.180 e. The van der Waals surface area contributed by atoms with Crippen LogP contribution in [0.15, 0.2) is 29.2 Å². The fourth-order valence-electron chi connectivity index (χ4n) is 2.41. The molecular formula is C14H22N2O2S. The van der Waals surface area contributed by atoms with Gasteiger partial charge in [-0.15, -0.1) is 0 Å². The second-order valence-corrected chi connectivity index (χ2v) is 7.22. The lowest BCUT2D eigenvalue weighted by atomic mass is 10.1. The van der Waals surface area contributed by atoms with Gasteiger partial charge >= 0.3 is 0 Å². The molecule has 1 atom stereocenters. The Labute approximate surface area is 115 Å². The van der Waals surface area contributed by atoms with Gasteiger partial charge in [0.05, 0.1) is 16.3 Å². The summed E-state index contributed by atoms with van der Waals surface area (Å²) in [6.07, 6.45) is 2.30. The Hall–Kier alpha value is -1.07. The molecule has 1 fully saturated rings. The van der Waals surface area contributed by atoms with Crippen LogP contribution < -0.4 is 10.6 Å². The van der Waals surface area contributed by atoms with Crippen molar-refractivity contribution in [2.45, 2.75) is 24.7 Å². The third kappa shape index (κ3) is 3.70. The molecule has 5 heteroatoms. The summed E-state index contributed by atoms with van der Waals surface area (Å²) in [6.45, 7) is 4.68. The Balaban J connectivity index is 1.99. The number of hydrogen-bond acceptors (Lipinski definition) is 4. The van der Waals surface area contributed by atoms with Crippen LogP contribution in [-0.2, 0) is 9.84 Å². The van der Waals surface area contributed by atoms with Crippen molar-refractivity contribution < 1.29 is 8.42 Å². The highest BCUT2D eigenvalue weighted by atomic mass is 32.2. The average Bonchev–Trinajstić information content (AvgIpc) is 2.92.